The summed E-state index contributed by atoms with van der Waals surface area (Å²) in [6.07, 6.45) is 2.96. The van der Waals surface area contributed by atoms with Gasteiger partial charge in [0.15, 0.2) is 11.4 Å². The second-order valence-electron chi connectivity index (χ2n) is 11.8. The molecule has 0 bridgehead atoms. The number of carbonyl (C=O) groups is 1. The summed E-state index contributed by atoms with van der Waals surface area (Å²) in [5.41, 5.74) is 7.06. The first-order valence-corrected chi connectivity index (χ1v) is 16.8. The lowest BCUT2D eigenvalue weighted by Crippen LogP contribution is -2.38. The average Bonchev–Trinajstić information content (AvgIpc) is 3.54. The van der Waals surface area contributed by atoms with Crippen molar-refractivity contribution in [2.24, 2.45) is 13.0 Å². The van der Waals surface area contributed by atoms with E-state index in [0.717, 1.165) is 49.9 Å². The molecule has 47 heavy (non-hydrogen) atoms. The molecular weight excluding hydrogens is 609 g/mol. The smallest absolute Gasteiger partial charge is 0.315 e. The number of aliphatic hydroxyl groups is 1. The summed E-state index contributed by atoms with van der Waals surface area (Å²) in [5, 5.41) is 16.4. The van der Waals surface area contributed by atoms with Crippen molar-refractivity contribution in [2.45, 2.75) is 50.3 Å². The zero-order valence-corrected chi connectivity index (χ0v) is 27.4. The molecule has 2 amide bonds. The topological polar surface area (TPSA) is 97.6 Å². The molecule has 6 rings (SSSR count). The minimum absolute atomic E-state index is 0.00583. The fourth-order valence-electron chi connectivity index (χ4n) is 5.67. The predicted octanol–water partition coefficient (Wildman–Crippen LogP) is 7.16. The third-order valence-electron chi connectivity index (χ3n) is 8.47. The van der Waals surface area contributed by atoms with E-state index in [9.17, 15) is 9.90 Å². The highest BCUT2D eigenvalue weighted by atomic mass is 32.2. The molecule has 1 aliphatic rings. The van der Waals surface area contributed by atoms with E-state index >= 15 is 0 Å². The van der Waals surface area contributed by atoms with E-state index in [2.05, 4.69) is 58.9 Å². The Kier molecular flexibility index (Phi) is 10.7. The van der Waals surface area contributed by atoms with Crippen molar-refractivity contribution >= 4 is 17.8 Å². The number of hydrogen-bond donors (Lipinski definition) is 3. The predicted molar refractivity (Wildman–Crippen MR) is 184 cm³/mol. The Balaban J connectivity index is 1.13. The van der Waals surface area contributed by atoms with E-state index in [-0.39, 0.29) is 30.8 Å². The van der Waals surface area contributed by atoms with Gasteiger partial charge in [-0.25, -0.2) is 9.78 Å². The second kappa shape index (κ2) is 15.5. The van der Waals surface area contributed by atoms with Crippen LogP contribution in [0.25, 0.3) is 11.1 Å². The maximum atomic E-state index is 12.4. The van der Waals surface area contributed by atoms with Gasteiger partial charge in [-0.05, 0) is 39.4 Å². The highest BCUT2D eigenvalue weighted by molar-refractivity contribution is 7.99. The first kappa shape index (κ1) is 32.5. The number of hydrogen-bond acceptors (Lipinski definition) is 6. The molecule has 8 nitrogen and oxygen atoms in total. The molecule has 0 saturated carbocycles. The number of aryl methyl sites for hydroxylation is 1. The summed E-state index contributed by atoms with van der Waals surface area (Å²) >= 11 is 1.68. The molecule has 9 heteroatoms. The number of amides is 2. The Labute approximate surface area is 280 Å². The number of urea groups is 1. The largest absolute Gasteiger partial charge is 0.392 e. The summed E-state index contributed by atoms with van der Waals surface area (Å²) in [7, 11) is 2.00. The molecule has 1 aromatic heterocycles. The third-order valence-corrected chi connectivity index (χ3v) is 9.62. The third kappa shape index (κ3) is 8.31. The van der Waals surface area contributed by atoms with E-state index in [1.165, 1.54) is 0 Å². The monoisotopic (exact) mass is 648 g/mol. The molecule has 1 aliphatic heterocycles. The quantitative estimate of drug-likeness (QED) is 0.132. The average molecular weight is 649 g/mol. The Morgan fingerprint density at radius 3 is 2.23 bits per heavy atom. The zero-order chi connectivity index (χ0) is 32.6. The van der Waals surface area contributed by atoms with Gasteiger partial charge in [0.05, 0.1) is 18.8 Å². The van der Waals surface area contributed by atoms with Crippen LogP contribution in [0.4, 0.5) is 4.79 Å². The van der Waals surface area contributed by atoms with E-state index in [1.807, 2.05) is 90.7 Å². The Bertz CT molecular complexity index is 1740. The molecule has 242 valence electrons. The number of benzene rings is 4. The number of ether oxygens (including phenoxy) is 2. The molecule has 3 N–H and O–H groups in total. The molecule has 2 heterocycles. The van der Waals surface area contributed by atoms with Gasteiger partial charge >= 0.3 is 6.03 Å². The van der Waals surface area contributed by atoms with Crippen molar-refractivity contribution in [3.8, 4) is 11.1 Å². The van der Waals surface area contributed by atoms with Crippen LogP contribution in [-0.4, -0.2) is 32.5 Å². The zero-order valence-electron chi connectivity index (χ0n) is 26.6. The summed E-state index contributed by atoms with van der Waals surface area (Å²) in [4.78, 5) is 16.8. The van der Waals surface area contributed by atoms with Crippen LogP contribution in [0.15, 0.2) is 121 Å². The van der Waals surface area contributed by atoms with E-state index in [1.54, 1.807) is 11.8 Å². The van der Waals surface area contributed by atoms with Crippen molar-refractivity contribution in [2.75, 3.05) is 5.75 Å². The number of carbonyl (C=O) groups excluding carboxylic acids is 1. The van der Waals surface area contributed by atoms with Crippen molar-refractivity contribution in [3.63, 3.8) is 0 Å². The van der Waals surface area contributed by atoms with Gasteiger partial charge in [-0.3, -0.25) is 0 Å². The molecule has 4 aromatic carbocycles. The fourth-order valence-corrected chi connectivity index (χ4v) is 6.77. The lowest BCUT2D eigenvalue weighted by atomic mass is 9.91. The van der Waals surface area contributed by atoms with Gasteiger partial charge in [-0.1, -0.05) is 116 Å². The molecule has 1 fully saturated rings. The standard InChI is InChI=1S/C38H40N4O4S/c1-26-34(25-47-38-39-19-20-42(38)2)45-36(46-35(26)31-13-11-28(24-43)12-14-31)32-17-15-30(16-18-32)33-10-6-9-29(21-33)23-41-37(44)40-22-27-7-4-3-5-8-27/h3-21,26,34-36,43H,22-25H2,1-2H3,(H2,40,41,44). The van der Waals surface area contributed by atoms with Crippen LogP contribution in [-0.2, 0) is 36.2 Å². The van der Waals surface area contributed by atoms with Crippen molar-refractivity contribution in [1.82, 2.24) is 20.2 Å². The first-order valence-electron chi connectivity index (χ1n) is 15.8. The number of nitrogens with zero attached hydrogens (tertiary/aromatic N) is 2. The van der Waals surface area contributed by atoms with Crippen molar-refractivity contribution in [1.29, 1.82) is 0 Å². The minimum atomic E-state index is -0.542. The maximum Gasteiger partial charge on any atom is 0.315 e. The second-order valence-corrected chi connectivity index (χ2v) is 12.8. The summed E-state index contributed by atoms with van der Waals surface area (Å²) in [6.45, 7) is 3.08. The number of imidazole rings is 1. The van der Waals surface area contributed by atoms with Crippen LogP contribution in [0.3, 0.4) is 0 Å². The van der Waals surface area contributed by atoms with Crippen LogP contribution in [0, 0.1) is 5.92 Å². The van der Waals surface area contributed by atoms with Gasteiger partial charge in [-0.15, -0.1) is 0 Å². The minimum Gasteiger partial charge on any atom is -0.392 e. The lowest BCUT2D eigenvalue weighted by Gasteiger charge is -2.41. The van der Waals surface area contributed by atoms with E-state index in [4.69, 9.17) is 9.47 Å². The fraction of sp³-hybridized carbons (Fsp3) is 0.263. The molecule has 4 unspecified atom stereocenters. The number of nitrogens with one attached hydrogen (secondary N) is 2. The molecule has 1 saturated heterocycles. The highest BCUT2D eigenvalue weighted by Crippen LogP contribution is 2.43. The Morgan fingerprint density at radius 1 is 0.830 bits per heavy atom. The Morgan fingerprint density at radius 2 is 1.53 bits per heavy atom. The summed E-state index contributed by atoms with van der Waals surface area (Å²) in [5.74, 6) is 0.829. The van der Waals surface area contributed by atoms with E-state index < -0.39 is 6.29 Å². The molecule has 0 spiro atoms. The maximum absolute atomic E-state index is 12.4. The molecule has 5 aromatic rings. The molecular formula is C38H40N4O4S. The lowest BCUT2D eigenvalue weighted by molar-refractivity contribution is -0.268. The van der Waals surface area contributed by atoms with Crippen LogP contribution in [0.1, 0.15) is 47.1 Å². The number of rotatable bonds is 11. The first-order chi connectivity index (χ1) is 23.0. The molecule has 4 atom stereocenters. The van der Waals surface area contributed by atoms with Crippen molar-refractivity contribution in [3.05, 3.63) is 143 Å². The summed E-state index contributed by atoms with van der Waals surface area (Å²) < 4.78 is 15.3. The number of thioether (sulfide) groups is 1. The van der Waals surface area contributed by atoms with E-state index in [0.29, 0.717) is 13.1 Å². The summed E-state index contributed by atoms with van der Waals surface area (Å²) in [6, 6.07) is 34.1. The Hall–Kier alpha value is -4.41. The van der Waals surface area contributed by atoms with Gasteiger partial charge in [0, 0.05) is 49.8 Å². The van der Waals surface area contributed by atoms with Crippen LogP contribution in [0.2, 0.25) is 0 Å². The highest BCUT2D eigenvalue weighted by Gasteiger charge is 2.38. The van der Waals surface area contributed by atoms with Crippen LogP contribution >= 0.6 is 11.8 Å². The number of aromatic nitrogens is 2. The number of aliphatic hydroxyl groups excluding tert-OH is 1. The van der Waals surface area contributed by atoms with Gasteiger partial charge in [0.25, 0.3) is 0 Å². The van der Waals surface area contributed by atoms with Gasteiger partial charge < -0.3 is 29.8 Å². The normalized spacial score (nSPS) is 19.3. The molecule has 0 radical (unpaired) electrons. The SMILES string of the molecule is CC1C(CSc2nccn2C)OC(c2ccc(-c3cccc(CNC(=O)NCc4ccccc4)c3)cc2)OC1c1ccc(CO)cc1. The molecule has 0 aliphatic carbocycles. The van der Waals surface area contributed by atoms with Crippen LogP contribution < -0.4 is 10.6 Å². The van der Waals surface area contributed by atoms with Gasteiger partial charge in [-0.2, -0.15) is 0 Å². The van der Waals surface area contributed by atoms with Crippen molar-refractivity contribution < 1.29 is 19.4 Å². The van der Waals surface area contributed by atoms with Crippen LogP contribution in [0.5, 0.6) is 0 Å². The van der Waals surface area contributed by atoms with Gasteiger partial charge in [0.1, 0.15) is 0 Å². The van der Waals surface area contributed by atoms with Gasteiger partial charge in [0.2, 0.25) is 0 Å².